The normalized spacial score (nSPS) is 18.8. The zero-order valence-corrected chi connectivity index (χ0v) is 19.7. The molecule has 12 heteroatoms. The van der Waals surface area contributed by atoms with E-state index in [1.54, 1.807) is 6.20 Å². The van der Waals surface area contributed by atoms with Gasteiger partial charge >= 0.3 is 6.18 Å². The van der Waals surface area contributed by atoms with Crippen LogP contribution in [0.2, 0.25) is 0 Å². The van der Waals surface area contributed by atoms with E-state index in [2.05, 4.69) is 14.9 Å². The molecular formula is C22H28F3N5O3S. The van der Waals surface area contributed by atoms with Gasteiger partial charge in [0.2, 0.25) is 10.0 Å². The summed E-state index contributed by atoms with van der Waals surface area (Å²) in [7, 11) is -3.16. The van der Waals surface area contributed by atoms with Crippen LogP contribution in [0.25, 0.3) is 0 Å². The maximum absolute atomic E-state index is 12.7. The first-order chi connectivity index (χ1) is 16.1. The van der Waals surface area contributed by atoms with E-state index in [4.69, 9.17) is 4.74 Å². The molecule has 0 atom stereocenters. The van der Waals surface area contributed by atoms with Crippen molar-refractivity contribution in [3.8, 4) is 5.75 Å². The first-order valence-corrected chi connectivity index (χ1v) is 13.0. The third-order valence-corrected chi connectivity index (χ3v) is 7.55. The summed E-state index contributed by atoms with van der Waals surface area (Å²) >= 11 is 0. The lowest BCUT2D eigenvalue weighted by atomic mass is 9.98. The molecule has 186 valence electrons. The summed E-state index contributed by atoms with van der Waals surface area (Å²) in [5, 5.41) is 0. The third kappa shape index (κ3) is 6.09. The van der Waals surface area contributed by atoms with Gasteiger partial charge in [0.05, 0.1) is 24.6 Å². The quantitative estimate of drug-likeness (QED) is 0.605. The van der Waals surface area contributed by atoms with Crippen molar-refractivity contribution in [3.05, 3.63) is 42.2 Å². The van der Waals surface area contributed by atoms with Gasteiger partial charge in [0, 0.05) is 45.5 Å². The van der Waals surface area contributed by atoms with Gasteiger partial charge in [-0.3, -0.25) is 0 Å². The van der Waals surface area contributed by atoms with E-state index in [1.165, 1.54) is 16.6 Å². The van der Waals surface area contributed by atoms with Gasteiger partial charge in [-0.2, -0.15) is 17.5 Å². The van der Waals surface area contributed by atoms with Crippen molar-refractivity contribution in [2.45, 2.75) is 19.0 Å². The van der Waals surface area contributed by atoms with Crippen LogP contribution in [0, 0.1) is 5.92 Å². The van der Waals surface area contributed by atoms with Gasteiger partial charge in [-0.15, -0.1) is 0 Å². The summed E-state index contributed by atoms with van der Waals surface area (Å²) in [5.74, 6) is 2.36. The lowest BCUT2D eigenvalue weighted by molar-refractivity contribution is -0.137. The van der Waals surface area contributed by atoms with E-state index in [0.717, 1.165) is 30.9 Å². The van der Waals surface area contributed by atoms with E-state index in [1.807, 2.05) is 17.0 Å². The van der Waals surface area contributed by atoms with Crippen LogP contribution in [0.5, 0.6) is 5.75 Å². The summed E-state index contributed by atoms with van der Waals surface area (Å²) in [4.78, 5) is 12.5. The Morgan fingerprint density at radius 1 is 0.912 bits per heavy atom. The van der Waals surface area contributed by atoms with Crippen LogP contribution in [0.3, 0.4) is 0 Å². The minimum absolute atomic E-state index is 0.342. The summed E-state index contributed by atoms with van der Waals surface area (Å²) in [5.41, 5.74) is -0.740. The molecule has 2 aliphatic heterocycles. The number of alkyl halides is 3. The second-order valence-electron chi connectivity index (χ2n) is 8.65. The molecular weight excluding hydrogens is 471 g/mol. The number of aromatic nitrogens is 2. The lowest BCUT2D eigenvalue weighted by Gasteiger charge is -2.34. The number of hydrogen-bond donors (Lipinski definition) is 0. The molecule has 2 aromatic rings. The molecule has 2 aromatic heterocycles. The Morgan fingerprint density at radius 2 is 1.50 bits per heavy atom. The van der Waals surface area contributed by atoms with Gasteiger partial charge in [0.25, 0.3) is 0 Å². The summed E-state index contributed by atoms with van der Waals surface area (Å²) in [6.07, 6.45) is 1.13. The Hall–Kier alpha value is -2.60. The molecule has 34 heavy (non-hydrogen) atoms. The fraction of sp³-hybridized carbons (Fsp3) is 0.545. The number of hydrogen-bond acceptors (Lipinski definition) is 7. The largest absolute Gasteiger partial charge is 0.492 e. The first-order valence-electron chi connectivity index (χ1n) is 11.2. The number of nitrogens with zero attached hydrogens (tertiary/aromatic N) is 5. The predicted octanol–water partition coefficient (Wildman–Crippen LogP) is 2.87. The second-order valence-corrected chi connectivity index (χ2v) is 10.6. The minimum Gasteiger partial charge on any atom is -0.492 e. The van der Waals surface area contributed by atoms with Crippen LogP contribution in [-0.2, 0) is 16.2 Å². The molecule has 0 unspecified atom stereocenters. The predicted molar refractivity (Wildman–Crippen MR) is 123 cm³/mol. The number of piperidine rings is 1. The van der Waals surface area contributed by atoms with Crippen LogP contribution >= 0.6 is 0 Å². The Labute approximate surface area is 197 Å². The zero-order chi connectivity index (χ0) is 24.3. The van der Waals surface area contributed by atoms with Crippen molar-refractivity contribution in [1.82, 2.24) is 14.3 Å². The number of halogens is 3. The monoisotopic (exact) mass is 499 g/mol. The number of pyridine rings is 2. The maximum atomic E-state index is 12.7. The summed E-state index contributed by atoms with van der Waals surface area (Å²) in [6.45, 7) is 4.03. The molecule has 0 spiro atoms. The molecule has 2 fully saturated rings. The van der Waals surface area contributed by atoms with Gasteiger partial charge < -0.3 is 14.5 Å². The highest BCUT2D eigenvalue weighted by Gasteiger charge is 2.31. The van der Waals surface area contributed by atoms with E-state index in [-0.39, 0.29) is 0 Å². The third-order valence-electron chi connectivity index (χ3n) is 6.25. The Balaban J connectivity index is 1.21. The van der Waals surface area contributed by atoms with Crippen molar-refractivity contribution < 1.29 is 26.3 Å². The van der Waals surface area contributed by atoms with Crippen molar-refractivity contribution in [2.24, 2.45) is 5.92 Å². The van der Waals surface area contributed by atoms with Gasteiger partial charge in [0.1, 0.15) is 17.4 Å². The number of sulfonamides is 1. The number of ether oxygens (including phenoxy) is 1. The average molecular weight is 500 g/mol. The molecule has 0 aliphatic carbocycles. The first kappa shape index (κ1) is 24.5. The highest BCUT2D eigenvalue weighted by atomic mass is 32.2. The molecule has 0 bridgehead atoms. The number of piperazine rings is 1. The van der Waals surface area contributed by atoms with Crippen molar-refractivity contribution in [3.63, 3.8) is 0 Å². The van der Waals surface area contributed by atoms with E-state index < -0.39 is 21.8 Å². The number of rotatable bonds is 6. The Kier molecular flexibility index (Phi) is 7.17. The molecule has 0 aromatic carbocycles. The molecule has 0 radical (unpaired) electrons. The van der Waals surface area contributed by atoms with Crippen molar-refractivity contribution in [2.75, 3.05) is 61.9 Å². The fourth-order valence-electron chi connectivity index (χ4n) is 4.18. The van der Waals surface area contributed by atoms with Crippen molar-refractivity contribution >= 4 is 21.7 Å². The molecule has 8 nitrogen and oxygen atoms in total. The molecule has 0 amide bonds. The maximum Gasteiger partial charge on any atom is 0.417 e. The van der Waals surface area contributed by atoms with Crippen LogP contribution in [-0.4, -0.2) is 74.8 Å². The van der Waals surface area contributed by atoms with Gasteiger partial charge in [-0.05, 0) is 43.0 Å². The SMILES string of the molecule is CS(=O)(=O)N1CCN(c2ccc(OCC3CCN(c4ccc(C(F)(F)F)cn4)CC3)cn2)CC1. The van der Waals surface area contributed by atoms with Crippen LogP contribution in [0.1, 0.15) is 18.4 Å². The summed E-state index contributed by atoms with van der Waals surface area (Å²) < 4.78 is 68.8. The smallest absolute Gasteiger partial charge is 0.417 e. The van der Waals surface area contributed by atoms with Crippen molar-refractivity contribution in [1.29, 1.82) is 0 Å². The highest BCUT2D eigenvalue weighted by Crippen LogP contribution is 2.30. The summed E-state index contributed by atoms with van der Waals surface area (Å²) in [6, 6.07) is 6.24. The van der Waals surface area contributed by atoms with Gasteiger partial charge in [0.15, 0.2) is 0 Å². The standard InChI is InChI=1S/C22H28F3N5O3S/c1-34(31,32)30-12-10-29(11-13-30)21-5-3-19(15-27-21)33-16-17-6-8-28(9-7-17)20-4-2-18(14-26-20)22(23,24)25/h2-5,14-15,17H,6-13,16H2,1H3. The van der Waals surface area contributed by atoms with E-state index >= 15 is 0 Å². The molecule has 0 N–H and O–H groups in total. The second kappa shape index (κ2) is 9.95. The fourth-order valence-corrected chi connectivity index (χ4v) is 5.00. The van der Waals surface area contributed by atoms with Gasteiger partial charge in [-0.25, -0.2) is 18.4 Å². The molecule has 2 aliphatic rings. The Bertz CT molecular complexity index is 1050. The average Bonchev–Trinajstić information content (AvgIpc) is 2.82. The zero-order valence-electron chi connectivity index (χ0n) is 18.9. The lowest BCUT2D eigenvalue weighted by Crippen LogP contribution is -2.48. The van der Waals surface area contributed by atoms with E-state index in [9.17, 15) is 21.6 Å². The topological polar surface area (TPSA) is 78.9 Å². The molecule has 0 saturated carbocycles. The molecule has 4 heterocycles. The van der Waals surface area contributed by atoms with E-state index in [0.29, 0.717) is 63.4 Å². The Morgan fingerprint density at radius 3 is 2.00 bits per heavy atom. The molecule has 4 rings (SSSR count). The van der Waals surface area contributed by atoms with Crippen LogP contribution in [0.15, 0.2) is 36.7 Å². The minimum atomic E-state index is -4.38. The van der Waals surface area contributed by atoms with Gasteiger partial charge in [-0.1, -0.05) is 0 Å². The van der Waals surface area contributed by atoms with Crippen LogP contribution < -0.4 is 14.5 Å². The number of anilines is 2. The molecule has 2 saturated heterocycles. The highest BCUT2D eigenvalue weighted by molar-refractivity contribution is 7.88. The van der Waals surface area contributed by atoms with Crippen LogP contribution in [0.4, 0.5) is 24.8 Å².